The zero-order chi connectivity index (χ0) is 13.3. The number of nitrogens with zero attached hydrogens (tertiary/aromatic N) is 1. The van der Waals surface area contributed by atoms with E-state index < -0.39 is 5.56 Å². The Morgan fingerprint density at radius 3 is 2.72 bits per heavy atom. The minimum Gasteiger partial charge on any atom is -0.437 e. The molecular formula is C13H13ClN2O2. The van der Waals surface area contributed by atoms with Gasteiger partial charge in [0.25, 0.3) is 5.56 Å². The lowest BCUT2D eigenvalue weighted by molar-refractivity contribution is 0.456. The third-order valence-corrected chi connectivity index (χ3v) is 3.07. The van der Waals surface area contributed by atoms with Crippen LogP contribution in [0.25, 0.3) is 0 Å². The lowest BCUT2D eigenvalue weighted by atomic mass is 10.1. The normalized spacial score (nSPS) is 10.4. The molecule has 1 aromatic carbocycles. The number of halogens is 1. The van der Waals surface area contributed by atoms with E-state index in [1.165, 1.54) is 6.33 Å². The molecule has 0 radical (unpaired) electrons. The smallest absolute Gasteiger partial charge is 0.273 e. The van der Waals surface area contributed by atoms with Crippen LogP contribution in [-0.2, 0) is 0 Å². The second-order valence-electron chi connectivity index (χ2n) is 4.16. The van der Waals surface area contributed by atoms with Crippen molar-refractivity contribution < 1.29 is 4.74 Å². The maximum Gasteiger partial charge on any atom is 0.273 e. The van der Waals surface area contributed by atoms with E-state index in [0.29, 0.717) is 5.75 Å². The summed E-state index contributed by atoms with van der Waals surface area (Å²) in [7, 11) is 0. The molecule has 0 fully saturated rings. The predicted molar refractivity (Wildman–Crippen MR) is 70.6 cm³/mol. The molecule has 0 aliphatic carbocycles. The Labute approximate surface area is 110 Å². The van der Waals surface area contributed by atoms with Gasteiger partial charge in [0.2, 0.25) is 5.88 Å². The van der Waals surface area contributed by atoms with E-state index in [0.717, 1.165) is 16.7 Å². The highest BCUT2D eigenvalue weighted by atomic mass is 35.5. The summed E-state index contributed by atoms with van der Waals surface area (Å²) >= 11 is 5.84. The molecule has 0 aliphatic rings. The molecule has 0 amide bonds. The van der Waals surface area contributed by atoms with Crippen molar-refractivity contribution in [3.8, 4) is 11.6 Å². The van der Waals surface area contributed by atoms with Crippen LogP contribution in [0, 0.1) is 20.8 Å². The molecule has 0 saturated heterocycles. The topological polar surface area (TPSA) is 55.0 Å². The largest absolute Gasteiger partial charge is 0.437 e. The fourth-order valence-corrected chi connectivity index (χ4v) is 1.79. The van der Waals surface area contributed by atoms with Crippen molar-refractivity contribution in [1.82, 2.24) is 9.97 Å². The van der Waals surface area contributed by atoms with Crippen molar-refractivity contribution in [2.75, 3.05) is 0 Å². The Balaban J connectivity index is 2.46. The summed E-state index contributed by atoms with van der Waals surface area (Å²) < 4.78 is 5.62. The summed E-state index contributed by atoms with van der Waals surface area (Å²) in [4.78, 5) is 17.7. The van der Waals surface area contributed by atoms with Crippen LogP contribution in [0.4, 0.5) is 0 Å². The maximum absolute atomic E-state index is 11.3. The zero-order valence-electron chi connectivity index (χ0n) is 10.4. The van der Waals surface area contributed by atoms with Gasteiger partial charge in [0, 0.05) is 0 Å². The Kier molecular flexibility index (Phi) is 3.39. The molecule has 4 nitrogen and oxygen atoms in total. The number of benzene rings is 1. The molecule has 1 aromatic heterocycles. The van der Waals surface area contributed by atoms with Gasteiger partial charge in [-0.25, -0.2) is 4.98 Å². The minimum absolute atomic E-state index is 0.0453. The molecule has 2 aromatic rings. The second-order valence-corrected chi connectivity index (χ2v) is 4.54. The molecule has 0 bridgehead atoms. The highest BCUT2D eigenvalue weighted by molar-refractivity contribution is 6.31. The molecule has 0 unspecified atom stereocenters. The van der Waals surface area contributed by atoms with Gasteiger partial charge in [-0.2, -0.15) is 0 Å². The van der Waals surface area contributed by atoms with Crippen LogP contribution in [0.1, 0.15) is 16.7 Å². The van der Waals surface area contributed by atoms with Gasteiger partial charge in [-0.1, -0.05) is 17.7 Å². The predicted octanol–water partition coefficient (Wildman–Crippen LogP) is 3.14. The fourth-order valence-electron chi connectivity index (χ4n) is 1.65. The van der Waals surface area contributed by atoms with Crippen LogP contribution < -0.4 is 10.3 Å². The van der Waals surface area contributed by atoms with Crippen LogP contribution in [0.15, 0.2) is 23.3 Å². The number of aromatic amines is 1. The Bertz CT molecular complexity index is 650. The van der Waals surface area contributed by atoms with Crippen LogP contribution in [0.2, 0.25) is 5.02 Å². The number of hydrogen-bond donors (Lipinski definition) is 1. The van der Waals surface area contributed by atoms with Gasteiger partial charge in [-0.05, 0) is 43.5 Å². The summed E-state index contributed by atoms with van der Waals surface area (Å²) in [5.74, 6) is 0.779. The molecule has 0 aliphatic heterocycles. The minimum atomic E-state index is -0.413. The van der Waals surface area contributed by atoms with E-state index in [-0.39, 0.29) is 10.9 Å². The van der Waals surface area contributed by atoms with Crippen molar-refractivity contribution in [3.05, 3.63) is 50.5 Å². The third-order valence-electron chi connectivity index (χ3n) is 2.74. The Morgan fingerprint density at radius 1 is 1.28 bits per heavy atom. The first-order valence-corrected chi connectivity index (χ1v) is 5.85. The third kappa shape index (κ3) is 2.38. The molecule has 94 valence electrons. The molecular weight excluding hydrogens is 252 g/mol. The van der Waals surface area contributed by atoms with Crippen molar-refractivity contribution in [3.63, 3.8) is 0 Å². The first kappa shape index (κ1) is 12.6. The quantitative estimate of drug-likeness (QED) is 0.907. The fraction of sp³-hybridized carbons (Fsp3) is 0.231. The monoisotopic (exact) mass is 264 g/mol. The number of aromatic nitrogens is 2. The summed E-state index contributed by atoms with van der Waals surface area (Å²) in [6.07, 6.45) is 1.27. The first-order chi connectivity index (χ1) is 8.49. The highest BCUT2D eigenvalue weighted by Gasteiger charge is 2.11. The van der Waals surface area contributed by atoms with Gasteiger partial charge in [0.1, 0.15) is 5.75 Å². The first-order valence-electron chi connectivity index (χ1n) is 5.48. The number of nitrogens with one attached hydrogen (secondary N) is 1. The van der Waals surface area contributed by atoms with Crippen molar-refractivity contribution in [1.29, 1.82) is 0 Å². The van der Waals surface area contributed by atoms with Gasteiger partial charge in [-0.3, -0.25) is 4.79 Å². The summed E-state index contributed by atoms with van der Waals surface area (Å²) in [6, 6.07) is 3.95. The molecule has 1 heterocycles. The van der Waals surface area contributed by atoms with Gasteiger partial charge in [0.15, 0.2) is 5.02 Å². The molecule has 2 rings (SSSR count). The van der Waals surface area contributed by atoms with Crippen LogP contribution in [-0.4, -0.2) is 9.97 Å². The molecule has 5 heteroatoms. The zero-order valence-corrected chi connectivity index (χ0v) is 11.1. The lowest BCUT2D eigenvalue weighted by Crippen LogP contribution is -2.08. The lowest BCUT2D eigenvalue weighted by Gasteiger charge is -2.11. The van der Waals surface area contributed by atoms with Crippen LogP contribution in [0.5, 0.6) is 11.6 Å². The van der Waals surface area contributed by atoms with E-state index in [2.05, 4.69) is 16.0 Å². The van der Waals surface area contributed by atoms with Gasteiger partial charge in [0.05, 0.1) is 6.33 Å². The number of H-pyrrole nitrogens is 1. The number of aryl methyl sites for hydroxylation is 2. The standard InChI is InChI=1S/C13H13ClN2O2/c1-7-4-8(2)9(3)10(5-7)18-13-11(14)12(17)15-6-16-13/h4-6H,1-3H3,(H,15,16,17). The SMILES string of the molecule is Cc1cc(C)c(C)c(Oc2nc[nH]c(=O)c2Cl)c1. The van der Waals surface area contributed by atoms with E-state index >= 15 is 0 Å². The summed E-state index contributed by atoms with van der Waals surface area (Å²) in [5, 5.41) is -0.0453. The van der Waals surface area contributed by atoms with Gasteiger partial charge in [-0.15, -0.1) is 0 Å². The molecule has 18 heavy (non-hydrogen) atoms. The van der Waals surface area contributed by atoms with E-state index in [1.807, 2.05) is 26.8 Å². The van der Waals surface area contributed by atoms with E-state index in [1.54, 1.807) is 0 Å². The van der Waals surface area contributed by atoms with Gasteiger partial charge < -0.3 is 9.72 Å². The molecule has 0 saturated carbocycles. The average molecular weight is 265 g/mol. The number of ether oxygens (including phenoxy) is 1. The van der Waals surface area contributed by atoms with E-state index in [4.69, 9.17) is 16.3 Å². The average Bonchev–Trinajstić information content (AvgIpc) is 2.31. The summed E-state index contributed by atoms with van der Waals surface area (Å²) in [6.45, 7) is 5.93. The Morgan fingerprint density at radius 2 is 2.00 bits per heavy atom. The van der Waals surface area contributed by atoms with E-state index in [9.17, 15) is 4.79 Å². The highest BCUT2D eigenvalue weighted by Crippen LogP contribution is 2.29. The molecule has 0 spiro atoms. The number of rotatable bonds is 2. The maximum atomic E-state index is 11.3. The van der Waals surface area contributed by atoms with Crippen molar-refractivity contribution in [2.45, 2.75) is 20.8 Å². The summed E-state index contributed by atoms with van der Waals surface area (Å²) in [5.41, 5.74) is 2.78. The van der Waals surface area contributed by atoms with Crippen molar-refractivity contribution in [2.24, 2.45) is 0 Å². The second kappa shape index (κ2) is 4.82. The van der Waals surface area contributed by atoms with Crippen molar-refractivity contribution >= 4 is 11.6 Å². The molecule has 0 atom stereocenters. The molecule has 1 N–H and O–H groups in total. The van der Waals surface area contributed by atoms with Crippen LogP contribution in [0.3, 0.4) is 0 Å². The van der Waals surface area contributed by atoms with Crippen LogP contribution >= 0.6 is 11.6 Å². The number of hydrogen-bond acceptors (Lipinski definition) is 3. The van der Waals surface area contributed by atoms with Gasteiger partial charge >= 0.3 is 0 Å². The Hall–Kier alpha value is -1.81.